The average molecular weight is 247 g/mol. The van der Waals surface area contributed by atoms with Gasteiger partial charge in [0.2, 0.25) is 0 Å². The van der Waals surface area contributed by atoms with Crippen molar-refractivity contribution < 1.29 is 8.78 Å². The third-order valence-corrected chi connectivity index (χ3v) is 2.88. The molecule has 0 radical (unpaired) electrons. The molecule has 0 bridgehead atoms. The van der Waals surface area contributed by atoms with Crippen LogP contribution in [0, 0.1) is 0 Å². The predicted octanol–water partition coefficient (Wildman–Crippen LogP) is 4.07. The van der Waals surface area contributed by atoms with Crippen molar-refractivity contribution in [3.8, 4) is 0 Å². The molecule has 1 aromatic rings. The Balaban J connectivity index is 2.44. The fraction of sp³-hybridized carbons (Fsp3) is 0.200. The van der Waals surface area contributed by atoms with Crippen LogP contribution in [-0.4, -0.2) is 17.9 Å². The van der Waals surface area contributed by atoms with Gasteiger partial charge >= 0.3 is 0 Å². The SMILES string of the molecule is C=C1C=CC(C)=C(c2ccccc2)N1CC(F)F. The third kappa shape index (κ3) is 2.50. The van der Waals surface area contributed by atoms with Gasteiger partial charge in [0.25, 0.3) is 6.43 Å². The molecule has 0 aromatic heterocycles. The van der Waals surface area contributed by atoms with Crippen LogP contribution in [0.25, 0.3) is 5.70 Å². The van der Waals surface area contributed by atoms with E-state index < -0.39 is 6.43 Å². The van der Waals surface area contributed by atoms with Crippen LogP contribution in [0.4, 0.5) is 8.78 Å². The maximum Gasteiger partial charge on any atom is 0.256 e. The lowest BCUT2D eigenvalue weighted by molar-refractivity contribution is 0.123. The molecule has 1 aliphatic heterocycles. The molecule has 3 heteroatoms. The highest BCUT2D eigenvalue weighted by molar-refractivity contribution is 5.72. The van der Waals surface area contributed by atoms with Gasteiger partial charge in [0, 0.05) is 5.70 Å². The van der Waals surface area contributed by atoms with Crippen LogP contribution in [0.2, 0.25) is 0 Å². The molecular formula is C15H15F2N. The zero-order valence-electron chi connectivity index (χ0n) is 10.2. The van der Waals surface area contributed by atoms with E-state index >= 15 is 0 Å². The number of benzene rings is 1. The van der Waals surface area contributed by atoms with Crippen LogP contribution in [-0.2, 0) is 0 Å². The lowest BCUT2D eigenvalue weighted by atomic mass is 10.0. The number of allylic oxidation sites excluding steroid dienone is 3. The molecule has 0 unspecified atom stereocenters. The van der Waals surface area contributed by atoms with Gasteiger partial charge in [0.05, 0.1) is 12.2 Å². The molecule has 2 rings (SSSR count). The minimum absolute atomic E-state index is 0.329. The zero-order valence-corrected chi connectivity index (χ0v) is 10.2. The number of alkyl halides is 2. The van der Waals surface area contributed by atoms with Crippen molar-refractivity contribution in [2.75, 3.05) is 6.54 Å². The summed E-state index contributed by atoms with van der Waals surface area (Å²) in [6, 6.07) is 9.55. The monoisotopic (exact) mass is 247 g/mol. The van der Waals surface area contributed by atoms with E-state index in [1.54, 1.807) is 11.0 Å². The molecule has 1 heterocycles. The Hall–Kier alpha value is -1.90. The van der Waals surface area contributed by atoms with Crippen LogP contribution in [0.1, 0.15) is 12.5 Å². The second kappa shape index (κ2) is 5.17. The Labute approximate surface area is 106 Å². The van der Waals surface area contributed by atoms with E-state index in [-0.39, 0.29) is 6.54 Å². The van der Waals surface area contributed by atoms with Gasteiger partial charge in [-0.2, -0.15) is 0 Å². The van der Waals surface area contributed by atoms with Crippen molar-refractivity contribution in [3.05, 3.63) is 65.9 Å². The summed E-state index contributed by atoms with van der Waals surface area (Å²) in [5.74, 6) is 0. The molecule has 0 fully saturated rings. The summed E-state index contributed by atoms with van der Waals surface area (Å²) in [7, 11) is 0. The number of nitrogens with zero attached hydrogens (tertiary/aromatic N) is 1. The van der Waals surface area contributed by atoms with Gasteiger partial charge in [-0.05, 0) is 24.1 Å². The van der Waals surface area contributed by atoms with Gasteiger partial charge < -0.3 is 4.90 Å². The van der Waals surface area contributed by atoms with E-state index in [9.17, 15) is 8.78 Å². The van der Waals surface area contributed by atoms with Gasteiger partial charge in [-0.1, -0.05) is 43.0 Å². The Morgan fingerprint density at radius 3 is 2.44 bits per heavy atom. The van der Waals surface area contributed by atoms with Gasteiger partial charge in [-0.3, -0.25) is 0 Å². The van der Waals surface area contributed by atoms with E-state index in [1.165, 1.54) is 0 Å². The van der Waals surface area contributed by atoms with Crippen LogP contribution in [0.5, 0.6) is 0 Å². The van der Waals surface area contributed by atoms with Crippen LogP contribution >= 0.6 is 0 Å². The molecular weight excluding hydrogens is 232 g/mol. The molecule has 1 aliphatic rings. The number of halogens is 2. The van der Waals surface area contributed by atoms with Crippen molar-refractivity contribution in [1.82, 2.24) is 4.90 Å². The molecule has 94 valence electrons. The fourth-order valence-electron chi connectivity index (χ4n) is 2.07. The Morgan fingerprint density at radius 2 is 1.83 bits per heavy atom. The van der Waals surface area contributed by atoms with E-state index in [0.29, 0.717) is 5.70 Å². The lowest BCUT2D eigenvalue weighted by Gasteiger charge is -2.31. The summed E-state index contributed by atoms with van der Waals surface area (Å²) in [4.78, 5) is 1.58. The minimum atomic E-state index is -2.39. The predicted molar refractivity (Wildman–Crippen MR) is 70.0 cm³/mol. The molecule has 0 spiro atoms. The first-order chi connectivity index (χ1) is 8.59. The standard InChI is InChI=1S/C15H15F2N/c1-11-8-9-12(2)18(10-14(16)17)15(11)13-6-4-3-5-7-13/h3-9,14H,2,10H2,1H3. The highest BCUT2D eigenvalue weighted by Crippen LogP contribution is 2.31. The van der Waals surface area contributed by atoms with E-state index in [1.807, 2.05) is 43.3 Å². The molecule has 0 atom stereocenters. The second-order valence-corrected chi connectivity index (χ2v) is 4.22. The number of rotatable bonds is 3. The quantitative estimate of drug-likeness (QED) is 0.778. The molecule has 0 N–H and O–H groups in total. The van der Waals surface area contributed by atoms with Crippen LogP contribution in [0.3, 0.4) is 0 Å². The second-order valence-electron chi connectivity index (χ2n) is 4.22. The van der Waals surface area contributed by atoms with Gasteiger partial charge in [0.15, 0.2) is 0 Å². The third-order valence-electron chi connectivity index (χ3n) is 2.88. The summed E-state index contributed by atoms with van der Waals surface area (Å²) in [6.07, 6.45) is 1.29. The summed E-state index contributed by atoms with van der Waals surface area (Å²) >= 11 is 0. The summed E-state index contributed by atoms with van der Waals surface area (Å²) in [5, 5.41) is 0. The highest BCUT2D eigenvalue weighted by atomic mass is 19.3. The van der Waals surface area contributed by atoms with E-state index in [2.05, 4.69) is 6.58 Å². The Bertz CT molecular complexity index is 500. The van der Waals surface area contributed by atoms with Crippen molar-refractivity contribution in [2.45, 2.75) is 13.3 Å². The molecule has 1 nitrogen and oxygen atoms in total. The number of hydrogen-bond donors (Lipinski definition) is 0. The molecule has 0 amide bonds. The average Bonchev–Trinajstić information content (AvgIpc) is 2.35. The molecule has 0 saturated carbocycles. The lowest BCUT2D eigenvalue weighted by Crippen LogP contribution is -2.28. The smallest absolute Gasteiger partial charge is 0.256 e. The van der Waals surface area contributed by atoms with Gasteiger partial charge in [-0.25, -0.2) is 8.78 Å². The first-order valence-corrected chi connectivity index (χ1v) is 5.78. The molecule has 0 aliphatic carbocycles. The topological polar surface area (TPSA) is 3.24 Å². The highest BCUT2D eigenvalue weighted by Gasteiger charge is 2.21. The minimum Gasteiger partial charge on any atom is -0.336 e. The molecule has 18 heavy (non-hydrogen) atoms. The van der Waals surface area contributed by atoms with Gasteiger partial charge in [0.1, 0.15) is 0 Å². The molecule has 0 saturated heterocycles. The summed E-state index contributed by atoms with van der Waals surface area (Å²) < 4.78 is 25.4. The molecule has 1 aromatic carbocycles. The number of hydrogen-bond acceptors (Lipinski definition) is 1. The maximum atomic E-state index is 12.7. The van der Waals surface area contributed by atoms with Gasteiger partial charge in [-0.15, -0.1) is 0 Å². The normalized spacial score (nSPS) is 15.8. The first-order valence-electron chi connectivity index (χ1n) is 5.78. The van der Waals surface area contributed by atoms with Crippen LogP contribution in [0.15, 0.2) is 60.3 Å². The van der Waals surface area contributed by atoms with Crippen molar-refractivity contribution in [3.63, 3.8) is 0 Å². The van der Waals surface area contributed by atoms with E-state index in [4.69, 9.17) is 0 Å². The summed E-state index contributed by atoms with van der Waals surface area (Å²) in [5.41, 5.74) is 3.30. The fourth-order valence-corrected chi connectivity index (χ4v) is 2.07. The van der Waals surface area contributed by atoms with Crippen LogP contribution < -0.4 is 0 Å². The van der Waals surface area contributed by atoms with E-state index in [0.717, 1.165) is 16.8 Å². The Morgan fingerprint density at radius 1 is 1.17 bits per heavy atom. The van der Waals surface area contributed by atoms with Crippen molar-refractivity contribution >= 4 is 5.70 Å². The maximum absolute atomic E-state index is 12.7. The Kier molecular flexibility index (Phi) is 3.60. The van der Waals surface area contributed by atoms with Crippen molar-refractivity contribution in [2.24, 2.45) is 0 Å². The first kappa shape index (κ1) is 12.6. The van der Waals surface area contributed by atoms with Crippen molar-refractivity contribution in [1.29, 1.82) is 0 Å². The largest absolute Gasteiger partial charge is 0.336 e. The zero-order chi connectivity index (χ0) is 13.1. The summed E-state index contributed by atoms with van der Waals surface area (Å²) in [6.45, 7) is 5.42.